The summed E-state index contributed by atoms with van der Waals surface area (Å²) in [7, 11) is 6.44. The van der Waals surface area contributed by atoms with E-state index in [0.29, 0.717) is 46.7 Å². The van der Waals surface area contributed by atoms with Crippen LogP contribution in [0.4, 0.5) is 13.6 Å². The maximum atomic E-state index is 16.4. The number of rotatable bonds is 4. The maximum absolute atomic E-state index is 16.4. The number of benzene rings is 3. The molecule has 4 atom stereocenters. The molecule has 258 valence electrons. The molecule has 1 unspecified atom stereocenters. The summed E-state index contributed by atoms with van der Waals surface area (Å²) in [5.74, 6) is -1.15. The summed E-state index contributed by atoms with van der Waals surface area (Å²) in [6.07, 6.45) is 7.69. The average Bonchev–Trinajstić information content (AvgIpc) is 3.72. The molecule has 5 aliphatic rings. The quantitative estimate of drug-likeness (QED) is 0.185. The second-order valence-electron chi connectivity index (χ2n) is 16.6. The van der Waals surface area contributed by atoms with Crippen LogP contribution in [0.25, 0.3) is 44.5 Å². The molecule has 10 rings (SSSR count). The molecule has 2 aromatic heterocycles. The van der Waals surface area contributed by atoms with Crippen molar-refractivity contribution >= 4 is 25.1 Å². The Labute approximate surface area is 296 Å². The van der Waals surface area contributed by atoms with Crippen molar-refractivity contribution in [3.8, 4) is 33.5 Å². The fourth-order valence-electron chi connectivity index (χ4n) is 9.31. The monoisotopic (exact) mass is 684 g/mol. The highest BCUT2D eigenvalue weighted by Crippen LogP contribution is 2.59. The summed E-state index contributed by atoms with van der Waals surface area (Å²) in [6, 6.07) is 16.7. The number of alkyl halides is 2. The number of carbonyl (C=O) groups is 1. The number of imidazole rings is 2. The lowest BCUT2D eigenvalue weighted by Gasteiger charge is -2.31. The van der Waals surface area contributed by atoms with E-state index < -0.39 is 11.5 Å². The van der Waals surface area contributed by atoms with Crippen molar-refractivity contribution in [3.05, 3.63) is 83.6 Å². The van der Waals surface area contributed by atoms with Gasteiger partial charge in [-0.15, -0.1) is 0 Å². The lowest BCUT2D eigenvalue weighted by atomic mass is 9.96. The number of hydrogen-bond donors (Lipinski definition) is 2. The molecule has 51 heavy (non-hydrogen) atoms. The Kier molecular flexibility index (Phi) is 6.45. The minimum Gasteiger partial charge on any atom is -0.444 e. The van der Waals surface area contributed by atoms with Crippen molar-refractivity contribution in [3.63, 3.8) is 0 Å². The van der Waals surface area contributed by atoms with Crippen LogP contribution in [-0.4, -0.2) is 61.9 Å². The molecule has 3 aliphatic carbocycles. The van der Waals surface area contributed by atoms with Gasteiger partial charge in [0.15, 0.2) is 7.98 Å². The summed E-state index contributed by atoms with van der Waals surface area (Å²) in [5.41, 5.74) is 5.08. The van der Waals surface area contributed by atoms with Crippen LogP contribution in [-0.2, 0) is 10.7 Å². The summed E-state index contributed by atoms with van der Waals surface area (Å²) in [6.45, 7) is 6.22. The van der Waals surface area contributed by atoms with E-state index in [1.165, 1.54) is 0 Å². The van der Waals surface area contributed by atoms with E-state index in [-0.39, 0.29) is 34.7 Å². The first-order valence-electron chi connectivity index (χ1n) is 18.1. The third-order valence-electron chi connectivity index (χ3n) is 12.1. The van der Waals surface area contributed by atoms with Crippen molar-refractivity contribution < 1.29 is 18.3 Å². The fraction of sp³-hybridized carbons (Fsp3) is 0.425. The van der Waals surface area contributed by atoms with Gasteiger partial charge in [-0.05, 0) is 123 Å². The van der Waals surface area contributed by atoms with Crippen molar-refractivity contribution in [1.29, 1.82) is 0 Å². The first-order valence-corrected chi connectivity index (χ1v) is 18.1. The Bertz CT molecular complexity index is 2250. The number of fused-ring (bicyclic) bond motifs is 6. The number of amides is 1. The predicted molar refractivity (Wildman–Crippen MR) is 191 cm³/mol. The van der Waals surface area contributed by atoms with E-state index in [1.807, 2.05) is 62.0 Å². The van der Waals surface area contributed by atoms with Gasteiger partial charge in [-0.25, -0.2) is 14.8 Å². The molecule has 1 spiro atoms. The van der Waals surface area contributed by atoms with Gasteiger partial charge in [0.1, 0.15) is 17.2 Å². The topological polar surface area (TPSA) is 90.1 Å². The molecule has 8 nitrogen and oxygen atoms in total. The number of aromatic nitrogens is 4. The highest BCUT2D eigenvalue weighted by Gasteiger charge is 2.55. The summed E-state index contributed by atoms with van der Waals surface area (Å²) in [4.78, 5) is 33.3. The first kappa shape index (κ1) is 31.2. The maximum Gasteiger partial charge on any atom is 0.410 e. The molecular weight excluding hydrogens is 645 g/mol. The number of H-pyrrole nitrogens is 2. The number of halogens is 2. The number of likely N-dealkylation sites (tertiary alicyclic amines) is 1. The molecule has 2 aliphatic heterocycles. The minimum atomic E-state index is -3.19. The lowest BCUT2D eigenvalue weighted by molar-refractivity contribution is 0.0212. The van der Waals surface area contributed by atoms with Crippen LogP contribution in [0, 0.1) is 11.3 Å². The zero-order valence-corrected chi connectivity index (χ0v) is 29.0. The third kappa shape index (κ3) is 4.90. The standard InChI is InChI=1S/C40H39BF2N6O2/c1-38(2,3)51-37(50)48-20-39(12-13-39)18-33(48)35-44-19-32(47-35)23-6-10-27-26-9-5-21(15-28(26)40(42,43)29(27)16-23)22-7-11-30-31(17-22)46-36(45-30)34-24-4-8-25(14-24)49(34)41/h5-7,9-11,15-17,19,24-25,33-34H,4,8,12-14,18,20H2,1-3H3,(H,44,47)(H,45,46)/t24-,25?,33-,34-/m0/s1. The number of nitrogens with one attached hydrogen (secondary N) is 2. The molecular formula is C40H39BF2N6O2. The normalized spacial score (nSPS) is 25.5. The summed E-state index contributed by atoms with van der Waals surface area (Å²) in [5, 5.41) is 0. The molecule has 1 amide bonds. The van der Waals surface area contributed by atoms with E-state index in [0.717, 1.165) is 66.5 Å². The summed E-state index contributed by atoms with van der Waals surface area (Å²) < 4.78 is 38.5. The molecule has 2 saturated carbocycles. The van der Waals surface area contributed by atoms with E-state index in [2.05, 4.69) is 15.0 Å². The largest absolute Gasteiger partial charge is 0.444 e. The Morgan fingerprint density at radius 3 is 2.35 bits per heavy atom. The van der Waals surface area contributed by atoms with Crippen molar-refractivity contribution in [2.75, 3.05) is 6.54 Å². The van der Waals surface area contributed by atoms with Gasteiger partial charge >= 0.3 is 6.09 Å². The van der Waals surface area contributed by atoms with Crippen LogP contribution < -0.4 is 0 Å². The molecule has 4 fully saturated rings. The number of aromatic amines is 2. The second kappa shape index (κ2) is 10.5. The number of hydrogen-bond acceptors (Lipinski definition) is 5. The van der Waals surface area contributed by atoms with Gasteiger partial charge in [0, 0.05) is 23.2 Å². The first-order chi connectivity index (χ1) is 24.4. The van der Waals surface area contributed by atoms with E-state index in [4.69, 9.17) is 17.7 Å². The molecule has 2 radical (unpaired) electrons. The average molecular weight is 685 g/mol. The molecule has 3 aromatic carbocycles. The van der Waals surface area contributed by atoms with Gasteiger partial charge < -0.3 is 19.5 Å². The Morgan fingerprint density at radius 2 is 1.65 bits per heavy atom. The van der Waals surface area contributed by atoms with Gasteiger partial charge in [0.05, 0.1) is 35.0 Å². The molecule has 2 saturated heterocycles. The van der Waals surface area contributed by atoms with Crippen molar-refractivity contribution in [2.24, 2.45) is 11.3 Å². The number of nitrogens with zero attached hydrogens (tertiary/aromatic N) is 4. The number of ether oxygens (including phenoxy) is 1. The zero-order chi connectivity index (χ0) is 35.0. The number of carbonyl (C=O) groups excluding carboxylic acids is 1. The third-order valence-corrected chi connectivity index (χ3v) is 12.1. The van der Waals surface area contributed by atoms with E-state index in [1.54, 1.807) is 29.3 Å². The highest BCUT2D eigenvalue weighted by molar-refractivity contribution is 6.05. The van der Waals surface area contributed by atoms with Crippen LogP contribution >= 0.6 is 0 Å². The molecule has 2 bridgehead atoms. The van der Waals surface area contributed by atoms with Gasteiger partial charge in [-0.2, -0.15) is 8.78 Å². The Morgan fingerprint density at radius 1 is 0.941 bits per heavy atom. The van der Waals surface area contributed by atoms with Crippen LogP contribution in [0.15, 0.2) is 60.8 Å². The predicted octanol–water partition coefficient (Wildman–Crippen LogP) is 8.81. The van der Waals surface area contributed by atoms with Crippen LogP contribution in [0.3, 0.4) is 0 Å². The Hall–Kier alpha value is -4.51. The van der Waals surface area contributed by atoms with Crippen LogP contribution in [0.1, 0.15) is 94.2 Å². The molecule has 11 heteroatoms. The van der Waals surface area contributed by atoms with Crippen molar-refractivity contribution in [2.45, 2.75) is 88.9 Å². The molecule has 2 N–H and O–H groups in total. The van der Waals surface area contributed by atoms with E-state index >= 15 is 8.78 Å². The van der Waals surface area contributed by atoms with Crippen LogP contribution in [0.2, 0.25) is 0 Å². The minimum absolute atomic E-state index is 0.00251. The summed E-state index contributed by atoms with van der Waals surface area (Å²) >= 11 is 0. The molecule has 4 heterocycles. The molecule has 5 aromatic rings. The smallest absolute Gasteiger partial charge is 0.410 e. The van der Waals surface area contributed by atoms with E-state index in [9.17, 15) is 4.79 Å². The lowest BCUT2D eigenvalue weighted by Crippen LogP contribution is -2.37. The van der Waals surface area contributed by atoms with Gasteiger partial charge in [-0.3, -0.25) is 4.90 Å². The highest BCUT2D eigenvalue weighted by atomic mass is 19.3. The SMILES string of the molecule is [B]N1C2CC[C@@H](C2)[C@H]1c1nc2ccc(-c3ccc4c(c3)C(F)(F)c3cc(-c5cnc([C@@H]6CC7(CC7)CN6C(=O)OC(C)(C)C)[nH]5)ccc3-4)cc2[nH]1. The van der Waals surface area contributed by atoms with Crippen molar-refractivity contribution in [1.82, 2.24) is 29.6 Å². The van der Waals surface area contributed by atoms with Gasteiger partial charge in [0.2, 0.25) is 0 Å². The van der Waals surface area contributed by atoms with Gasteiger partial charge in [0.25, 0.3) is 5.92 Å². The fourth-order valence-corrected chi connectivity index (χ4v) is 9.31. The zero-order valence-electron chi connectivity index (χ0n) is 29.0. The number of piperidine rings is 1. The second-order valence-corrected chi connectivity index (χ2v) is 16.6. The van der Waals surface area contributed by atoms with Crippen LogP contribution in [0.5, 0.6) is 0 Å². The Balaban J connectivity index is 0.926. The van der Waals surface area contributed by atoms with Gasteiger partial charge in [-0.1, -0.05) is 30.3 Å².